The lowest BCUT2D eigenvalue weighted by molar-refractivity contribution is -0.124. The van der Waals surface area contributed by atoms with E-state index in [1.165, 1.54) is 6.42 Å². The summed E-state index contributed by atoms with van der Waals surface area (Å²) < 4.78 is 0. The number of nitriles is 1. The van der Waals surface area contributed by atoms with Gasteiger partial charge in [0.25, 0.3) is 0 Å². The van der Waals surface area contributed by atoms with Crippen LogP contribution in [0.3, 0.4) is 0 Å². The highest BCUT2D eigenvalue weighted by Crippen LogP contribution is 2.35. The molecule has 1 saturated carbocycles. The average molecular weight is 295 g/mol. The molecule has 0 aromatic heterocycles. The first-order valence-electron chi connectivity index (χ1n) is 7.87. The van der Waals surface area contributed by atoms with Gasteiger partial charge in [0.15, 0.2) is 0 Å². The van der Waals surface area contributed by atoms with Crippen LogP contribution in [0.2, 0.25) is 0 Å². The number of rotatable bonds is 5. The molecule has 4 heteroatoms. The third kappa shape index (κ3) is 3.05. The second-order valence-electron chi connectivity index (χ2n) is 6.25. The molecule has 4 atom stereocenters. The molecule has 2 bridgehead atoms. The maximum Gasteiger partial charge on any atom is 0.238 e. The van der Waals surface area contributed by atoms with Crippen LogP contribution in [0.5, 0.6) is 0 Å². The minimum absolute atomic E-state index is 0.0264. The number of fused-ring (bicyclic) bond motifs is 2. The molecular weight excluding hydrogens is 274 g/mol. The summed E-state index contributed by atoms with van der Waals surface area (Å²) in [4.78, 5) is 12.4. The molecule has 3 rings (SSSR count). The number of amides is 1. The Kier molecular flexibility index (Phi) is 4.26. The number of benzene rings is 1. The molecule has 114 valence electrons. The normalized spacial score (nSPS) is 27.1. The molecule has 1 amide bonds. The zero-order chi connectivity index (χ0) is 15.5. The number of piperidine rings is 1. The van der Waals surface area contributed by atoms with Gasteiger partial charge >= 0.3 is 0 Å². The number of carbonyl (C=O) groups excluding carboxylic acids is 1. The van der Waals surface area contributed by atoms with Crippen molar-refractivity contribution in [2.75, 3.05) is 0 Å². The van der Waals surface area contributed by atoms with Gasteiger partial charge in [-0.15, -0.1) is 0 Å². The first kappa shape index (κ1) is 14.8. The van der Waals surface area contributed by atoms with Crippen LogP contribution in [0.4, 0.5) is 0 Å². The third-order valence-electron chi connectivity index (χ3n) is 4.77. The summed E-state index contributed by atoms with van der Waals surface area (Å²) in [5, 5.41) is 15.6. The Morgan fingerprint density at radius 2 is 2.23 bits per heavy atom. The van der Waals surface area contributed by atoms with E-state index in [4.69, 9.17) is 0 Å². The van der Waals surface area contributed by atoms with Crippen LogP contribution in [0.25, 0.3) is 6.08 Å². The van der Waals surface area contributed by atoms with E-state index < -0.39 is 6.04 Å². The second kappa shape index (κ2) is 6.33. The van der Waals surface area contributed by atoms with Gasteiger partial charge in [-0.05, 0) is 36.3 Å². The van der Waals surface area contributed by atoms with Crippen molar-refractivity contribution in [2.45, 2.75) is 43.8 Å². The molecule has 2 aliphatic rings. The lowest BCUT2D eigenvalue weighted by Crippen LogP contribution is -2.50. The molecule has 2 N–H and O–H groups in total. The molecule has 22 heavy (non-hydrogen) atoms. The minimum atomic E-state index is -0.483. The molecule has 1 saturated heterocycles. The maximum atomic E-state index is 12.4. The Balaban J connectivity index is 1.58. The van der Waals surface area contributed by atoms with E-state index in [1.807, 2.05) is 24.3 Å². The molecule has 1 aliphatic heterocycles. The number of nitrogens with zero attached hydrogens (tertiary/aromatic N) is 1. The van der Waals surface area contributed by atoms with Crippen molar-refractivity contribution < 1.29 is 4.79 Å². The number of carbonyl (C=O) groups is 1. The summed E-state index contributed by atoms with van der Waals surface area (Å²) in [6, 6.07) is 9.98. The second-order valence-corrected chi connectivity index (χ2v) is 6.25. The summed E-state index contributed by atoms with van der Waals surface area (Å²) in [5.41, 5.74) is 2.09. The topological polar surface area (TPSA) is 64.9 Å². The van der Waals surface area contributed by atoms with E-state index in [0.717, 1.165) is 24.0 Å². The largest absolute Gasteiger partial charge is 0.339 e. The smallest absolute Gasteiger partial charge is 0.238 e. The highest BCUT2D eigenvalue weighted by atomic mass is 16.2. The molecule has 1 aromatic rings. The molecular formula is C18H21N3O. The zero-order valence-corrected chi connectivity index (χ0v) is 12.6. The summed E-state index contributed by atoms with van der Waals surface area (Å²) in [6.07, 6.45) is 5.70. The third-order valence-corrected chi connectivity index (χ3v) is 4.77. The Bertz CT molecular complexity index is 602. The fourth-order valence-corrected chi connectivity index (χ4v) is 3.57. The van der Waals surface area contributed by atoms with Crippen LogP contribution >= 0.6 is 0 Å². The van der Waals surface area contributed by atoms with Crippen LogP contribution in [0, 0.1) is 17.2 Å². The maximum absolute atomic E-state index is 12.4. The summed E-state index contributed by atoms with van der Waals surface area (Å²) in [6.45, 7) is 3.72. The first-order valence-corrected chi connectivity index (χ1v) is 7.87. The first-order chi connectivity index (χ1) is 10.7. The van der Waals surface area contributed by atoms with Gasteiger partial charge in [0.05, 0.1) is 12.1 Å². The fourth-order valence-electron chi connectivity index (χ4n) is 3.57. The van der Waals surface area contributed by atoms with Crippen molar-refractivity contribution in [1.29, 1.82) is 5.26 Å². The van der Waals surface area contributed by atoms with Gasteiger partial charge in [-0.2, -0.15) is 5.26 Å². The fraction of sp³-hybridized carbons (Fsp3) is 0.444. The highest BCUT2D eigenvalue weighted by molar-refractivity contribution is 5.83. The van der Waals surface area contributed by atoms with Crippen molar-refractivity contribution in [3.05, 3.63) is 42.0 Å². The van der Waals surface area contributed by atoms with Crippen LogP contribution in [0.1, 0.15) is 30.4 Å². The molecule has 1 aromatic carbocycles. The van der Waals surface area contributed by atoms with Crippen molar-refractivity contribution in [3.8, 4) is 6.07 Å². The van der Waals surface area contributed by atoms with Crippen molar-refractivity contribution >= 4 is 12.0 Å². The van der Waals surface area contributed by atoms with Crippen LogP contribution in [-0.2, 0) is 11.2 Å². The van der Waals surface area contributed by atoms with Crippen LogP contribution in [-0.4, -0.2) is 24.0 Å². The average Bonchev–Trinajstić information content (AvgIpc) is 3.18. The minimum Gasteiger partial charge on any atom is -0.339 e. The molecule has 4 nitrogen and oxygen atoms in total. The molecule has 0 unspecified atom stereocenters. The van der Waals surface area contributed by atoms with Gasteiger partial charge in [0.1, 0.15) is 6.04 Å². The van der Waals surface area contributed by atoms with Gasteiger partial charge in [-0.25, -0.2) is 0 Å². The SMILES string of the molecule is C=Cc1ccc(C[C@@H](C#N)NC(=O)[C@H]2N[C@@H]3CC[C@H]2C3)cc1. The van der Waals surface area contributed by atoms with Crippen molar-refractivity contribution in [1.82, 2.24) is 10.6 Å². The lowest BCUT2D eigenvalue weighted by Gasteiger charge is -2.23. The van der Waals surface area contributed by atoms with Crippen LogP contribution < -0.4 is 10.6 Å². The van der Waals surface area contributed by atoms with Gasteiger partial charge in [0, 0.05) is 12.5 Å². The molecule has 0 radical (unpaired) electrons. The lowest BCUT2D eigenvalue weighted by atomic mass is 9.98. The quantitative estimate of drug-likeness (QED) is 0.873. The van der Waals surface area contributed by atoms with Crippen molar-refractivity contribution in [3.63, 3.8) is 0 Å². The molecule has 1 aliphatic carbocycles. The number of hydrogen-bond donors (Lipinski definition) is 2. The Labute approximate surface area is 131 Å². The van der Waals surface area contributed by atoms with E-state index in [-0.39, 0.29) is 11.9 Å². The predicted molar refractivity (Wildman–Crippen MR) is 85.8 cm³/mol. The standard InChI is InChI=1S/C18H21N3O/c1-2-12-3-5-13(6-4-12)9-16(11-19)21-18(22)17-14-7-8-15(10-14)20-17/h2-6,14-17,20H,1,7-10H2,(H,21,22)/t14-,15+,16-,17-/m0/s1. The summed E-state index contributed by atoms with van der Waals surface area (Å²) in [7, 11) is 0. The van der Waals surface area contributed by atoms with E-state index in [9.17, 15) is 10.1 Å². The molecule has 1 heterocycles. The summed E-state index contributed by atoms with van der Waals surface area (Å²) in [5.74, 6) is 0.415. The summed E-state index contributed by atoms with van der Waals surface area (Å²) >= 11 is 0. The number of nitrogens with one attached hydrogen (secondary N) is 2. The predicted octanol–water partition coefficient (Wildman–Crippen LogP) is 2.02. The Morgan fingerprint density at radius 1 is 1.45 bits per heavy atom. The number of hydrogen-bond acceptors (Lipinski definition) is 3. The van der Waals surface area contributed by atoms with Crippen LogP contribution in [0.15, 0.2) is 30.8 Å². The monoisotopic (exact) mass is 295 g/mol. The highest BCUT2D eigenvalue weighted by Gasteiger charge is 2.42. The van der Waals surface area contributed by atoms with Gasteiger partial charge < -0.3 is 10.6 Å². The van der Waals surface area contributed by atoms with Crippen molar-refractivity contribution in [2.24, 2.45) is 5.92 Å². The Morgan fingerprint density at radius 3 is 2.77 bits per heavy atom. The molecule has 0 spiro atoms. The molecule has 2 fully saturated rings. The van der Waals surface area contributed by atoms with Gasteiger partial charge in [0.2, 0.25) is 5.91 Å². The zero-order valence-electron chi connectivity index (χ0n) is 12.6. The van der Waals surface area contributed by atoms with E-state index in [0.29, 0.717) is 18.4 Å². The Hall–Kier alpha value is -2.12. The van der Waals surface area contributed by atoms with E-state index in [1.54, 1.807) is 6.08 Å². The van der Waals surface area contributed by atoms with Gasteiger partial charge in [-0.3, -0.25) is 4.79 Å². The van der Waals surface area contributed by atoms with Gasteiger partial charge in [-0.1, -0.05) is 36.9 Å². The van der Waals surface area contributed by atoms with E-state index >= 15 is 0 Å². The van der Waals surface area contributed by atoms with E-state index in [2.05, 4.69) is 23.3 Å².